The van der Waals surface area contributed by atoms with E-state index in [4.69, 9.17) is 0 Å². The summed E-state index contributed by atoms with van der Waals surface area (Å²) in [4.78, 5) is 0. The molecule has 0 spiro atoms. The van der Waals surface area contributed by atoms with Crippen LogP contribution in [0.15, 0.2) is 12.2 Å². The first-order valence-corrected chi connectivity index (χ1v) is 2.60. The molecule has 0 aromatic rings. The second kappa shape index (κ2) is 5.99. The fourth-order valence-electron chi connectivity index (χ4n) is 0. The normalized spacial score (nSPS) is 6.33. The SMILES string of the molecule is C=C(C)CBr.[H-].[H-].[Mg+2]. The predicted octanol–water partition coefficient (Wildman–Crippen LogP) is 1.80. The van der Waals surface area contributed by atoms with Gasteiger partial charge in [-0.3, -0.25) is 0 Å². The van der Waals surface area contributed by atoms with Gasteiger partial charge in [0, 0.05) is 5.33 Å². The van der Waals surface area contributed by atoms with Crippen molar-refractivity contribution in [3.63, 3.8) is 0 Å². The molecule has 0 saturated heterocycles. The summed E-state index contributed by atoms with van der Waals surface area (Å²) in [6.45, 7) is 5.61. The van der Waals surface area contributed by atoms with Crippen LogP contribution in [-0.4, -0.2) is 28.4 Å². The Balaban J connectivity index is -0.0000000267. The summed E-state index contributed by atoms with van der Waals surface area (Å²) >= 11 is 3.21. The number of rotatable bonds is 1. The maximum atomic E-state index is 3.63. The Bertz CT molecular complexity index is 49.3. The van der Waals surface area contributed by atoms with Gasteiger partial charge >= 0.3 is 23.1 Å². The largest absolute Gasteiger partial charge is 2.00 e. The summed E-state index contributed by atoms with van der Waals surface area (Å²) in [6, 6.07) is 0. The molecule has 0 rings (SSSR count). The minimum absolute atomic E-state index is 0. The van der Waals surface area contributed by atoms with E-state index < -0.39 is 0 Å². The van der Waals surface area contributed by atoms with Crippen LogP contribution in [0.1, 0.15) is 9.78 Å². The van der Waals surface area contributed by atoms with Gasteiger partial charge in [0.2, 0.25) is 0 Å². The van der Waals surface area contributed by atoms with Crippen LogP contribution >= 0.6 is 15.9 Å². The summed E-state index contributed by atoms with van der Waals surface area (Å²) in [7, 11) is 0. The van der Waals surface area contributed by atoms with Gasteiger partial charge in [-0.15, -0.1) is 0 Å². The van der Waals surface area contributed by atoms with Gasteiger partial charge in [-0.1, -0.05) is 28.1 Å². The first-order chi connectivity index (χ1) is 2.27. The minimum Gasteiger partial charge on any atom is -1.00 e. The molecule has 0 aliphatic heterocycles. The molecule has 0 aliphatic rings. The van der Waals surface area contributed by atoms with Crippen molar-refractivity contribution in [1.29, 1.82) is 0 Å². The van der Waals surface area contributed by atoms with Crippen LogP contribution in [0.3, 0.4) is 0 Å². The van der Waals surface area contributed by atoms with Crippen LogP contribution in [0.2, 0.25) is 0 Å². The summed E-state index contributed by atoms with van der Waals surface area (Å²) in [6.07, 6.45) is 0. The van der Waals surface area contributed by atoms with E-state index in [1.807, 2.05) is 6.92 Å². The predicted molar refractivity (Wildman–Crippen MR) is 36.6 cm³/mol. The first kappa shape index (κ1) is 10.1. The van der Waals surface area contributed by atoms with Crippen LogP contribution in [-0.2, 0) is 0 Å². The van der Waals surface area contributed by atoms with Crippen LogP contribution in [0.25, 0.3) is 0 Å². The third-order valence-corrected chi connectivity index (χ3v) is 1.19. The number of allylic oxidation sites excluding steroid dienone is 1. The Hall–Kier alpha value is 0.986. The van der Waals surface area contributed by atoms with Crippen LogP contribution in [0.4, 0.5) is 0 Å². The van der Waals surface area contributed by atoms with E-state index in [-0.39, 0.29) is 25.9 Å². The van der Waals surface area contributed by atoms with Gasteiger partial charge in [-0.05, 0) is 6.92 Å². The van der Waals surface area contributed by atoms with Crippen LogP contribution in [0.5, 0.6) is 0 Å². The molecule has 0 N–H and O–H groups in total. The Morgan fingerprint density at radius 1 is 2.00 bits per heavy atom. The first-order valence-electron chi connectivity index (χ1n) is 1.47. The number of halogens is 1. The quantitative estimate of drug-likeness (QED) is 0.312. The summed E-state index contributed by atoms with van der Waals surface area (Å²) in [5.74, 6) is 0. The van der Waals surface area contributed by atoms with Gasteiger partial charge in [0.25, 0.3) is 0 Å². The molecule has 0 aromatic heterocycles. The van der Waals surface area contributed by atoms with Crippen molar-refractivity contribution in [2.75, 3.05) is 5.33 Å². The second-order valence-electron chi connectivity index (χ2n) is 1.09. The van der Waals surface area contributed by atoms with E-state index in [2.05, 4.69) is 22.5 Å². The molecule has 6 heavy (non-hydrogen) atoms. The molecule has 0 unspecified atom stereocenters. The molecule has 0 aliphatic carbocycles. The Morgan fingerprint density at radius 2 is 2.17 bits per heavy atom. The van der Waals surface area contributed by atoms with Crippen LogP contribution < -0.4 is 0 Å². The average Bonchev–Trinajstić information content (AvgIpc) is 1.38. The second-order valence-corrected chi connectivity index (χ2v) is 1.65. The van der Waals surface area contributed by atoms with E-state index >= 15 is 0 Å². The number of alkyl halides is 1. The van der Waals surface area contributed by atoms with Gasteiger partial charge in [-0.2, -0.15) is 0 Å². The molecule has 0 aromatic carbocycles. The monoisotopic (exact) mass is 160 g/mol. The van der Waals surface area contributed by atoms with Gasteiger partial charge in [0.15, 0.2) is 0 Å². The van der Waals surface area contributed by atoms with E-state index in [9.17, 15) is 0 Å². The maximum Gasteiger partial charge on any atom is 2.00 e. The molecule has 2 heteroatoms. The molecule has 0 nitrogen and oxygen atoms in total. The van der Waals surface area contributed by atoms with Crippen molar-refractivity contribution in [3.05, 3.63) is 12.2 Å². The van der Waals surface area contributed by atoms with Crippen LogP contribution in [0, 0.1) is 0 Å². The zero-order valence-corrected chi connectivity index (χ0v) is 7.00. The number of hydrogen-bond acceptors (Lipinski definition) is 0. The molecule has 0 radical (unpaired) electrons. The van der Waals surface area contributed by atoms with Crippen molar-refractivity contribution >= 4 is 39.0 Å². The Kier molecular flexibility index (Phi) is 10.0. The van der Waals surface area contributed by atoms with Gasteiger partial charge < -0.3 is 2.85 Å². The smallest absolute Gasteiger partial charge is 1.00 e. The zero-order chi connectivity index (χ0) is 4.28. The Morgan fingerprint density at radius 3 is 2.17 bits per heavy atom. The topological polar surface area (TPSA) is 0 Å². The van der Waals surface area contributed by atoms with Crippen molar-refractivity contribution in [2.24, 2.45) is 0 Å². The summed E-state index contributed by atoms with van der Waals surface area (Å²) < 4.78 is 0. The van der Waals surface area contributed by atoms with Crippen molar-refractivity contribution in [3.8, 4) is 0 Å². The molecular formula is C4H9BrMg. The van der Waals surface area contributed by atoms with E-state index in [0.717, 1.165) is 5.33 Å². The fourth-order valence-corrected chi connectivity index (χ4v) is 0. The molecule has 0 fully saturated rings. The van der Waals surface area contributed by atoms with Crippen molar-refractivity contribution in [1.82, 2.24) is 0 Å². The third kappa shape index (κ3) is 8.88. The molecule has 0 atom stereocenters. The van der Waals surface area contributed by atoms with Gasteiger partial charge in [0.1, 0.15) is 0 Å². The van der Waals surface area contributed by atoms with Crippen molar-refractivity contribution in [2.45, 2.75) is 6.92 Å². The third-order valence-electron chi connectivity index (χ3n) is 0.228. The zero-order valence-electron chi connectivity index (χ0n) is 6.00. The molecule has 0 heterocycles. The summed E-state index contributed by atoms with van der Waals surface area (Å²) in [5, 5.41) is 0.924. The molecule has 0 bridgehead atoms. The maximum absolute atomic E-state index is 3.63. The number of hydrogen-bond donors (Lipinski definition) is 0. The fraction of sp³-hybridized carbons (Fsp3) is 0.500. The van der Waals surface area contributed by atoms with Gasteiger partial charge in [-0.25, -0.2) is 0 Å². The van der Waals surface area contributed by atoms with Crippen molar-refractivity contribution < 1.29 is 2.85 Å². The van der Waals surface area contributed by atoms with E-state index in [0.29, 0.717) is 0 Å². The van der Waals surface area contributed by atoms with Gasteiger partial charge in [0.05, 0.1) is 0 Å². The Labute approximate surface area is 66.3 Å². The minimum atomic E-state index is 0. The van der Waals surface area contributed by atoms with E-state index in [1.54, 1.807) is 0 Å². The average molecular weight is 161 g/mol. The molecule has 34 valence electrons. The summed E-state index contributed by atoms with van der Waals surface area (Å²) in [5.41, 5.74) is 1.17. The van der Waals surface area contributed by atoms with E-state index in [1.165, 1.54) is 5.57 Å². The standard InChI is InChI=1S/C4H7Br.Mg.2H/c1-4(2)3-5;;;/h1,3H2,2H3;;;/q;+2;2*-1. The molecular weight excluding hydrogens is 152 g/mol. The molecule has 0 saturated carbocycles. The molecule has 0 amide bonds.